The highest BCUT2D eigenvalue weighted by atomic mass is 16.5. The highest BCUT2D eigenvalue weighted by molar-refractivity contribution is 5.37. The average Bonchev–Trinajstić information content (AvgIpc) is 2.48. The van der Waals surface area contributed by atoms with E-state index in [4.69, 9.17) is 4.74 Å². The molecule has 0 aromatic heterocycles. The van der Waals surface area contributed by atoms with Crippen molar-refractivity contribution in [3.63, 3.8) is 0 Å². The van der Waals surface area contributed by atoms with Gasteiger partial charge in [0.15, 0.2) is 0 Å². The molecule has 1 aliphatic carbocycles. The lowest BCUT2D eigenvalue weighted by Gasteiger charge is -2.36. The minimum absolute atomic E-state index is 0.120. The molecule has 86 valence electrons. The van der Waals surface area contributed by atoms with Gasteiger partial charge in [0.05, 0.1) is 0 Å². The lowest BCUT2D eigenvalue weighted by Crippen LogP contribution is -2.42. The van der Waals surface area contributed by atoms with Crippen molar-refractivity contribution < 1.29 is 4.74 Å². The molecule has 0 N–H and O–H groups in total. The number of ether oxygens (including phenoxy) is 1. The molecule has 3 aliphatic rings. The first kappa shape index (κ1) is 10.2. The molecule has 0 aromatic carbocycles. The Balaban J connectivity index is 1.82. The summed E-state index contributed by atoms with van der Waals surface area (Å²) in [5.41, 5.74) is 1.55. The van der Waals surface area contributed by atoms with Crippen molar-refractivity contribution in [1.82, 2.24) is 4.90 Å². The smallest absolute Gasteiger partial charge is 0.123 e. The molecule has 0 bridgehead atoms. The molecule has 2 aliphatic heterocycles. The molecule has 2 heteroatoms. The van der Waals surface area contributed by atoms with E-state index in [9.17, 15) is 0 Å². The van der Waals surface area contributed by atoms with Crippen LogP contribution < -0.4 is 0 Å². The Labute approximate surface area is 97.3 Å². The Morgan fingerprint density at radius 2 is 2.12 bits per heavy atom. The number of rotatable bonds is 0. The fourth-order valence-electron chi connectivity index (χ4n) is 2.83. The van der Waals surface area contributed by atoms with Gasteiger partial charge in [0.2, 0.25) is 0 Å². The number of nitrogens with zero attached hydrogens (tertiary/aromatic N) is 1. The molecule has 1 spiro atoms. The summed E-state index contributed by atoms with van der Waals surface area (Å²) in [5, 5.41) is 0. The number of piperidine rings is 1. The largest absolute Gasteiger partial charge is 0.487 e. The number of hydrogen-bond donors (Lipinski definition) is 0. The molecule has 0 atom stereocenters. The topological polar surface area (TPSA) is 12.5 Å². The van der Waals surface area contributed by atoms with Gasteiger partial charge in [0.25, 0.3) is 0 Å². The van der Waals surface area contributed by atoms with Crippen LogP contribution in [0.3, 0.4) is 0 Å². The molecular formula is C14H19NO. The van der Waals surface area contributed by atoms with Crippen LogP contribution in [0.1, 0.15) is 25.7 Å². The maximum absolute atomic E-state index is 6.24. The van der Waals surface area contributed by atoms with Crippen molar-refractivity contribution in [2.45, 2.75) is 31.3 Å². The highest BCUT2D eigenvalue weighted by Crippen LogP contribution is 2.44. The lowest BCUT2D eigenvalue weighted by molar-refractivity contribution is -0.0128. The third kappa shape index (κ3) is 1.71. The highest BCUT2D eigenvalue weighted by Gasteiger charge is 2.42. The molecule has 2 saturated heterocycles. The van der Waals surface area contributed by atoms with E-state index in [2.05, 4.69) is 36.3 Å². The molecule has 2 nitrogen and oxygen atoms in total. The summed E-state index contributed by atoms with van der Waals surface area (Å²) >= 11 is 0. The third-order valence-electron chi connectivity index (χ3n) is 3.94. The minimum atomic E-state index is 0.120. The van der Waals surface area contributed by atoms with Crippen LogP contribution in [-0.4, -0.2) is 30.6 Å². The maximum atomic E-state index is 6.24. The molecule has 0 saturated carbocycles. The zero-order valence-electron chi connectivity index (χ0n) is 9.91. The van der Waals surface area contributed by atoms with Gasteiger partial charge < -0.3 is 9.64 Å². The molecule has 3 rings (SSSR count). The molecule has 0 amide bonds. The van der Waals surface area contributed by atoms with Crippen molar-refractivity contribution in [3.8, 4) is 0 Å². The third-order valence-corrected chi connectivity index (χ3v) is 3.94. The van der Waals surface area contributed by atoms with Crippen molar-refractivity contribution in [2.24, 2.45) is 0 Å². The molecule has 0 radical (unpaired) electrons. The molecule has 2 fully saturated rings. The second kappa shape index (κ2) is 3.77. The summed E-state index contributed by atoms with van der Waals surface area (Å²) in [6.45, 7) is 2.33. The van der Waals surface area contributed by atoms with E-state index in [0.29, 0.717) is 0 Å². The van der Waals surface area contributed by atoms with E-state index in [1.54, 1.807) is 0 Å². The van der Waals surface area contributed by atoms with Crippen LogP contribution in [0.2, 0.25) is 0 Å². The number of fused-ring (bicyclic) bond motifs is 1. The standard InChI is InChI=1S/C14H19NO/c1-15-9-7-14(8-10-15)11-12-5-3-2-4-6-13(12)16-14/h2,4-6H,3,7-11H2,1H3. The SMILES string of the molecule is CN1CCC2(CC1)CC1=CCC=CC=C1O2. The second-order valence-corrected chi connectivity index (χ2v) is 5.19. The van der Waals surface area contributed by atoms with Gasteiger partial charge in [0.1, 0.15) is 11.4 Å². The van der Waals surface area contributed by atoms with Gasteiger partial charge in [-0.3, -0.25) is 0 Å². The van der Waals surface area contributed by atoms with E-state index >= 15 is 0 Å². The van der Waals surface area contributed by atoms with Gasteiger partial charge in [-0.2, -0.15) is 0 Å². The van der Waals surface area contributed by atoms with Crippen molar-refractivity contribution in [1.29, 1.82) is 0 Å². The number of allylic oxidation sites excluding steroid dienone is 5. The first-order valence-corrected chi connectivity index (χ1v) is 6.21. The maximum Gasteiger partial charge on any atom is 0.123 e. The van der Waals surface area contributed by atoms with Gasteiger partial charge in [0, 0.05) is 32.4 Å². The predicted octanol–water partition coefficient (Wildman–Crippen LogP) is 2.64. The summed E-state index contributed by atoms with van der Waals surface area (Å²) in [4.78, 5) is 2.39. The van der Waals surface area contributed by atoms with Crippen molar-refractivity contribution >= 4 is 0 Å². The number of hydrogen-bond acceptors (Lipinski definition) is 2. The first-order chi connectivity index (χ1) is 7.77. The van der Waals surface area contributed by atoms with Gasteiger partial charge in [-0.1, -0.05) is 18.2 Å². The van der Waals surface area contributed by atoms with Crippen LogP contribution in [0.4, 0.5) is 0 Å². The van der Waals surface area contributed by atoms with E-state index < -0.39 is 0 Å². The van der Waals surface area contributed by atoms with E-state index in [1.807, 2.05) is 0 Å². The van der Waals surface area contributed by atoms with E-state index in [-0.39, 0.29) is 5.60 Å². The average molecular weight is 217 g/mol. The second-order valence-electron chi connectivity index (χ2n) is 5.19. The van der Waals surface area contributed by atoms with Crippen molar-refractivity contribution in [3.05, 3.63) is 35.6 Å². The van der Waals surface area contributed by atoms with Crippen LogP contribution >= 0.6 is 0 Å². The Morgan fingerprint density at radius 1 is 1.31 bits per heavy atom. The summed E-state index contributed by atoms with van der Waals surface area (Å²) in [7, 11) is 2.20. The summed E-state index contributed by atoms with van der Waals surface area (Å²) < 4.78 is 6.24. The quantitative estimate of drug-likeness (QED) is 0.618. The van der Waals surface area contributed by atoms with E-state index in [1.165, 1.54) is 18.4 Å². The summed E-state index contributed by atoms with van der Waals surface area (Å²) in [5.74, 6) is 1.12. The molecular weight excluding hydrogens is 198 g/mol. The van der Waals surface area contributed by atoms with Crippen LogP contribution in [0.5, 0.6) is 0 Å². The zero-order valence-corrected chi connectivity index (χ0v) is 9.91. The molecule has 2 heterocycles. The van der Waals surface area contributed by atoms with Gasteiger partial charge in [-0.05, 0) is 25.1 Å². The van der Waals surface area contributed by atoms with Gasteiger partial charge in [-0.25, -0.2) is 0 Å². The summed E-state index contributed by atoms with van der Waals surface area (Å²) in [6.07, 6.45) is 13.3. The monoisotopic (exact) mass is 217 g/mol. The number of likely N-dealkylation sites (tertiary alicyclic amines) is 1. The molecule has 0 unspecified atom stereocenters. The van der Waals surface area contributed by atoms with Crippen molar-refractivity contribution in [2.75, 3.05) is 20.1 Å². The Morgan fingerprint density at radius 3 is 2.94 bits per heavy atom. The summed E-state index contributed by atoms with van der Waals surface area (Å²) in [6, 6.07) is 0. The van der Waals surface area contributed by atoms with Crippen LogP contribution in [-0.2, 0) is 4.74 Å². The van der Waals surface area contributed by atoms with Crippen LogP contribution in [0.15, 0.2) is 35.6 Å². The molecule has 16 heavy (non-hydrogen) atoms. The normalized spacial score (nSPS) is 28.1. The Bertz CT molecular complexity index is 370. The minimum Gasteiger partial charge on any atom is -0.487 e. The zero-order chi connectivity index (χ0) is 11.0. The predicted molar refractivity (Wildman–Crippen MR) is 65.1 cm³/mol. The van der Waals surface area contributed by atoms with Crippen LogP contribution in [0.25, 0.3) is 0 Å². The lowest BCUT2D eigenvalue weighted by atomic mass is 9.87. The van der Waals surface area contributed by atoms with Gasteiger partial charge in [-0.15, -0.1) is 0 Å². The Hall–Kier alpha value is -1.02. The molecule has 0 aromatic rings. The van der Waals surface area contributed by atoms with Crippen LogP contribution in [0, 0.1) is 0 Å². The van der Waals surface area contributed by atoms with E-state index in [0.717, 1.165) is 31.7 Å². The first-order valence-electron chi connectivity index (χ1n) is 6.21. The fraction of sp³-hybridized carbons (Fsp3) is 0.571. The van der Waals surface area contributed by atoms with Gasteiger partial charge >= 0.3 is 0 Å². The fourth-order valence-corrected chi connectivity index (χ4v) is 2.83. The Kier molecular flexibility index (Phi) is 2.40.